The van der Waals surface area contributed by atoms with Gasteiger partial charge in [-0.15, -0.1) is 0 Å². The van der Waals surface area contributed by atoms with Crippen LogP contribution in [0, 0.1) is 5.82 Å². The topological polar surface area (TPSA) is 38.8 Å². The Labute approximate surface area is 119 Å². The van der Waals surface area contributed by atoms with E-state index in [0.717, 1.165) is 13.0 Å². The second-order valence-electron chi connectivity index (χ2n) is 4.52. The van der Waals surface area contributed by atoms with Gasteiger partial charge in [-0.2, -0.15) is 0 Å². The highest BCUT2D eigenvalue weighted by Crippen LogP contribution is 2.08. The van der Waals surface area contributed by atoms with Crippen LogP contribution in [0.2, 0.25) is 0 Å². The second-order valence-corrected chi connectivity index (χ2v) is 4.52. The predicted octanol–water partition coefficient (Wildman–Crippen LogP) is 1.99. The molecule has 112 valence electrons. The Morgan fingerprint density at radius 3 is 2.50 bits per heavy atom. The highest BCUT2D eigenvalue weighted by molar-refractivity contribution is 5.97. The van der Waals surface area contributed by atoms with Crippen molar-refractivity contribution in [3.8, 4) is 0 Å². The summed E-state index contributed by atoms with van der Waals surface area (Å²) in [6, 6.07) is 6.06. The minimum Gasteiger partial charge on any atom is -0.385 e. The third-order valence-corrected chi connectivity index (χ3v) is 2.98. The van der Waals surface area contributed by atoms with Gasteiger partial charge in [0.15, 0.2) is 5.78 Å². The second kappa shape index (κ2) is 9.58. The van der Waals surface area contributed by atoms with Gasteiger partial charge >= 0.3 is 0 Å². The molecule has 0 saturated heterocycles. The SMILES string of the molecule is COCCCN(CCOC)CC(=O)c1ccccc1F. The minimum atomic E-state index is -0.471. The van der Waals surface area contributed by atoms with Crippen LogP contribution in [0.3, 0.4) is 0 Å². The van der Waals surface area contributed by atoms with Gasteiger partial charge in [0, 0.05) is 33.9 Å². The van der Waals surface area contributed by atoms with Crippen LogP contribution in [0.4, 0.5) is 4.39 Å². The molecule has 0 unspecified atom stereocenters. The van der Waals surface area contributed by atoms with Gasteiger partial charge in [-0.05, 0) is 18.6 Å². The fourth-order valence-electron chi connectivity index (χ4n) is 1.90. The minimum absolute atomic E-state index is 0.140. The van der Waals surface area contributed by atoms with E-state index in [0.29, 0.717) is 19.8 Å². The van der Waals surface area contributed by atoms with Gasteiger partial charge in [-0.3, -0.25) is 9.69 Å². The quantitative estimate of drug-likeness (QED) is 0.486. The maximum Gasteiger partial charge on any atom is 0.179 e. The molecule has 0 aromatic heterocycles. The molecule has 0 radical (unpaired) electrons. The maximum absolute atomic E-state index is 13.6. The molecule has 0 spiro atoms. The van der Waals surface area contributed by atoms with Crippen molar-refractivity contribution in [2.24, 2.45) is 0 Å². The van der Waals surface area contributed by atoms with E-state index >= 15 is 0 Å². The summed E-state index contributed by atoms with van der Waals surface area (Å²) in [7, 11) is 3.26. The Hall–Kier alpha value is -1.30. The fourth-order valence-corrected chi connectivity index (χ4v) is 1.90. The van der Waals surface area contributed by atoms with Gasteiger partial charge in [0.1, 0.15) is 5.82 Å². The molecule has 1 aromatic rings. The van der Waals surface area contributed by atoms with Crippen molar-refractivity contribution >= 4 is 5.78 Å². The number of hydrogen-bond acceptors (Lipinski definition) is 4. The van der Waals surface area contributed by atoms with Crippen molar-refractivity contribution in [1.82, 2.24) is 4.90 Å². The standard InChI is InChI=1S/C15H22FNO3/c1-19-10-5-8-17(9-11-20-2)12-15(18)13-6-3-4-7-14(13)16/h3-4,6-7H,5,8-12H2,1-2H3. The average molecular weight is 283 g/mol. The van der Waals surface area contributed by atoms with E-state index in [4.69, 9.17) is 9.47 Å². The van der Waals surface area contributed by atoms with Gasteiger partial charge in [0.05, 0.1) is 18.7 Å². The Bertz CT molecular complexity index is 412. The van der Waals surface area contributed by atoms with Crippen LogP contribution in [0.15, 0.2) is 24.3 Å². The monoisotopic (exact) mass is 283 g/mol. The summed E-state index contributed by atoms with van der Waals surface area (Å²) >= 11 is 0. The van der Waals surface area contributed by atoms with Crippen molar-refractivity contribution < 1.29 is 18.7 Å². The first kappa shape index (κ1) is 16.8. The molecule has 4 nitrogen and oxygen atoms in total. The van der Waals surface area contributed by atoms with E-state index in [1.807, 2.05) is 4.90 Å². The van der Waals surface area contributed by atoms with Crippen molar-refractivity contribution in [1.29, 1.82) is 0 Å². The molecular formula is C15H22FNO3. The van der Waals surface area contributed by atoms with Crippen LogP contribution in [0.25, 0.3) is 0 Å². The smallest absolute Gasteiger partial charge is 0.179 e. The Kier molecular flexibility index (Phi) is 8.02. The number of carbonyl (C=O) groups excluding carboxylic acids is 1. The molecule has 1 rings (SSSR count). The first-order valence-corrected chi connectivity index (χ1v) is 6.67. The van der Waals surface area contributed by atoms with Crippen LogP contribution in [-0.4, -0.2) is 57.8 Å². The lowest BCUT2D eigenvalue weighted by molar-refractivity contribution is 0.0874. The lowest BCUT2D eigenvalue weighted by atomic mass is 10.1. The summed E-state index contributed by atoms with van der Waals surface area (Å²) in [6.45, 7) is 2.72. The first-order valence-electron chi connectivity index (χ1n) is 6.67. The molecule has 0 atom stereocenters. The zero-order valence-corrected chi connectivity index (χ0v) is 12.1. The molecule has 0 amide bonds. The molecule has 20 heavy (non-hydrogen) atoms. The van der Waals surface area contributed by atoms with Crippen LogP contribution in [0.1, 0.15) is 16.8 Å². The van der Waals surface area contributed by atoms with E-state index in [2.05, 4.69) is 0 Å². The van der Waals surface area contributed by atoms with E-state index in [1.165, 1.54) is 12.1 Å². The number of benzene rings is 1. The molecule has 0 saturated carbocycles. The highest BCUT2D eigenvalue weighted by atomic mass is 19.1. The largest absolute Gasteiger partial charge is 0.385 e. The average Bonchev–Trinajstić information content (AvgIpc) is 2.45. The number of Topliss-reactive ketones (excluding diaryl/α,β-unsaturated/α-hetero) is 1. The van der Waals surface area contributed by atoms with Crippen LogP contribution < -0.4 is 0 Å². The van der Waals surface area contributed by atoms with Crippen molar-refractivity contribution in [2.45, 2.75) is 6.42 Å². The number of nitrogens with zero attached hydrogens (tertiary/aromatic N) is 1. The van der Waals surface area contributed by atoms with Crippen molar-refractivity contribution in [3.05, 3.63) is 35.6 Å². The zero-order valence-electron chi connectivity index (χ0n) is 12.1. The van der Waals surface area contributed by atoms with E-state index in [9.17, 15) is 9.18 Å². The summed E-state index contributed by atoms with van der Waals surface area (Å²) in [6.07, 6.45) is 0.824. The molecule has 0 bridgehead atoms. The van der Waals surface area contributed by atoms with Gasteiger partial charge < -0.3 is 9.47 Å². The molecular weight excluding hydrogens is 261 g/mol. The normalized spacial score (nSPS) is 11.0. The lowest BCUT2D eigenvalue weighted by Crippen LogP contribution is -2.34. The number of ether oxygens (including phenoxy) is 2. The zero-order chi connectivity index (χ0) is 14.8. The molecule has 0 heterocycles. The Morgan fingerprint density at radius 1 is 1.15 bits per heavy atom. The molecule has 0 fully saturated rings. The molecule has 0 aliphatic rings. The summed E-state index contributed by atoms with van der Waals surface area (Å²) in [4.78, 5) is 14.1. The molecule has 0 N–H and O–H groups in total. The molecule has 5 heteroatoms. The van der Waals surface area contributed by atoms with Gasteiger partial charge in [-0.1, -0.05) is 12.1 Å². The molecule has 0 aliphatic carbocycles. The number of hydrogen-bond donors (Lipinski definition) is 0. The van der Waals surface area contributed by atoms with Crippen molar-refractivity contribution in [2.75, 3.05) is 47.1 Å². The number of rotatable bonds is 10. The van der Waals surface area contributed by atoms with E-state index < -0.39 is 5.82 Å². The summed E-state index contributed by atoms with van der Waals surface area (Å²) in [5, 5.41) is 0. The van der Waals surface area contributed by atoms with E-state index in [1.54, 1.807) is 26.4 Å². The lowest BCUT2D eigenvalue weighted by Gasteiger charge is -2.21. The molecule has 0 aliphatic heterocycles. The predicted molar refractivity (Wildman–Crippen MR) is 75.5 cm³/mol. The Balaban J connectivity index is 2.58. The van der Waals surface area contributed by atoms with Gasteiger partial charge in [-0.25, -0.2) is 4.39 Å². The number of halogens is 1. The van der Waals surface area contributed by atoms with Gasteiger partial charge in [0.2, 0.25) is 0 Å². The van der Waals surface area contributed by atoms with E-state index in [-0.39, 0.29) is 17.9 Å². The highest BCUT2D eigenvalue weighted by Gasteiger charge is 2.15. The fraction of sp³-hybridized carbons (Fsp3) is 0.533. The maximum atomic E-state index is 13.6. The third kappa shape index (κ3) is 5.77. The van der Waals surface area contributed by atoms with Crippen LogP contribution in [-0.2, 0) is 9.47 Å². The first-order chi connectivity index (χ1) is 9.69. The van der Waals surface area contributed by atoms with Crippen molar-refractivity contribution in [3.63, 3.8) is 0 Å². The summed E-state index contributed by atoms with van der Waals surface area (Å²) in [5.74, 6) is -0.683. The number of ketones is 1. The number of carbonyl (C=O) groups is 1. The van der Waals surface area contributed by atoms with Crippen LogP contribution >= 0.6 is 0 Å². The third-order valence-electron chi connectivity index (χ3n) is 2.98. The molecule has 1 aromatic carbocycles. The number of methoxy groups -OCH3 is 2. The summed E-state index contributed by atoms with van der Waals surface area (Å²) < 4.78 is 23.6. The Morgan fingerprint density at radius 2 is 1.85 bits per heavy atom. The van der Waals surface area contributed by atoms with Gasteiger partial charge in [0.25, 0.3) is 0 Å². The summed E-state index contributed by atoms with van der Waals surface area (Å²) in [5.41, 5.74) is 0.140. The van der Waals surface area contributed by atoms with Crippen LogP contribution in [0.5, 0.6) is 0 Å².